The number of para-hydroxylation sites is 1. The number of hydrogen-bond donors (Lipinski definition) is 2. The van der Waals surface area contributed by atoms with Crippen molar-refractivity contribution in [2.75, 3.05) is 31.6 Å². The molecule has 2 aromatic rings. The van der Waals surface area contributed by atoms with Crippen molar-refractivity contribution in [1.82, 2.24) is 9.88 Å². The van der Waals surface area contributed by atoms with Crippen LogP contribution in [0.4, 0.5) is 5.82 Å². The number of amides is 1. The van der Waals surface area contributed by atoms with E-state index >= 15 is 0 Å². The number of aliphatic hydroxyl groups excluding tert-OH is 1. The maximum absolute atomic E-state index is 12.3. The number of nitrogens with zero attached hydrogens (tertiary/aromatic N) is 2. The van der Waals surface area contributed by atoms with E-state index in [1.54, 1.807) is 12.3 Å². The number of benzene rings is 1. The van der Waals surface area contributed by atoms with Gasteiger partial charge in [-0.15, -0.1) is 0 Å². The minimum Gasteiger partial charge on any atom is -0.491 e. The van der Waals surface area contributed by atoms with Crippen LogP contribution in [-0.4, -0.2) is 53.2 Å². The Morgan fingerprint density at radius 1 is 1.19 bits per heavy atom. The summed E-state index contributed by atoms with van der Waals surface area (Å²) in [7, 11) is 0. The van der Waals surface area contributed by atoms with Gasteiger partial charge in [-0.05, 0) is 50.2 Å². The third kappa shape index (κ3) is 5.54. The van der Waals surface area contributed by atoms with Gasteiger partial charge < -0.3 is 20.1 Å². The van der Waals surface area contributed by atoms with Crippen molar-refractivity contribution < 1.29 is 14.6 Å². The molecule has 1 unspecified atom stereocenters. The molecule has 2 heterocycles. The second-order valence-electron chi connectivity index (χ2n) is 6.56. The van der Waals surface area contributed by atoms with Crippen LogP contribution in [-0.2, 0) is 4.79 Å². The molecule has 1 aromatic heterocycles. The van der Waals surface area contributed by atoms with Crippen molar-refractivity contribution in [2.24, 2.45) is 5.92 Å². The molecule has 0 saturated carbocycles. The van der Waals surface area contributed by atoms with Gasteiger partial charge in [0.1, 0.15) is 24.3 Å². The van der Waals surface area contributed by atoms with Crippen molar-refractivity contribution in [3.8, 4) is 5.75 Å². The number of aromatic nitrogens is 1. The van der Waals surface area contributed by atoms with Crippen LogP contribution in [0.2, 0.25) is 0 Å². The van der Waals surface area contributed by atoms with Crippen molar-refractivity contribution >= 4 is 11.7 Å². The molecule has 1 amide bonds. The molecule has 0 aliphatic carbocycles. The standard InChI is InChI=1S/C20H25N3O3/c24-17(15-26-18-6-2-1-3-7-18)14-23-12-9-16(10-13-23)20(25)22-19-8-4-5-11-21-19/h1-8,11,16-17,24H,9-10,12-15H2,(H,21,22,25). The molecule has 0 bridgehead atoms. The number of carbonyl (C=O) groups excluding carboxylic acids is 1. The Kier molecular flexibility index (Phi) is 6.57. The van der Waals surface area contributed by atoms with Gasteiger partial charge >= 0.3 is 0 Å². The molecule has 1 aliphatic rings. The molecule has 1 fully saturated rings. The topological polar surface area (TPSA) is 74.7 Å². The molecule has 3 rings (SSSR count). The van der Waals surface area contributed by atoms with Gasteiger partial charge in [0.15, 0.2) is 0 Å². The van der Waals surface area contributed by atoms with Crippen molar-refractivity contribution in [3.63, 3.8) is 0 Å². The first-order valence-electron chi connectivity index (χ1n) is 9.01. The molecule has 138 valence electrons. The number of ether oxygens (including phenoxy) is 1. The predicted octanol–water partition coefficient (Wildman–Crippen LogP) is 2.17. The van der Waals surface area contributed by atoms with Gasteiger partial charge in [-0.3, -0.25) is 4.79 Å². The maximum Gasteiger partial charge on any atom is 0.228 e. The zero-order valence-electron chi connectivity index (χ0n) is 14.8. The van der Waals surface area contributed by atoms with Crippen LogP contribution in [0.15, 0.2) is 54.7 Å². The van der Waals surface area contributed by atoms with Crippen LogP contribution in [0.25, 0.3) is 0 Å². The number of aliphatic hydroxyl groups is 1. The lowest BCUT2D eigenvalue weighted by Crippen LogP contribution is -2.42. The summed E-state index contributed by atoms with van der Waals surface area (Å²) < 4.78 is 5.59. The Balaban J connectivity index is 1.37. The zero-order chi connectivity index (χ0) is 18.2. The molecule has 0 spiro atoms. The molecule has 1 saturated heterocycles. The molecular weight excluding hydrogens is 330 g/mol. The van der Waals surface area contributed by atoms with Crippen LogP contribution < -0.4 is 10.1 Å². The van der Waals surface area contributed by atoms with E-state index in [1.807, 2.05) is 42.5 Å². The summed E-state index contributed by atoms with van der Waals surface area (Å²) in [6.07, 6.45) is 2.68. The fourth-order valence-corrected chi connectivity index (χ4v) is 3.10. The van der Waals surface area contributed by atoms with Crippen molar-refractivity contribution in [2.45, 2.75) is 18.9 Å². The Morgan fingerprint density at radius 3 is 2.62 bits per heavy atom. The van der Waals surface area contributed by atoms with E-state index in [0.717, 1.165) is 31.7 Å². The number of rotatable bonds is 7. The number of likely N-dealkylation sites (tertiary alicyclic amines) is 1. The summed E-state index contributed by atoms with van der Waals surface area (Å²) in [4.78, 5) is 18.6. The van der Waals surface area contributed by atoms with E-state index < -0.39 is 6.10 Å². The SMILES string of the molecule is O=C(Nc1ccccn1)C1CCN(CC(O)COc2ccccc2)CC1. The first-order valence-corrected chi connectivity index (χ1v) is 9.01. The first-order chi connectivity index (χ1) is 12.7. The molecule has 0 radical (unpaired) electrons. The number of carbonyl (C=O) groups is 1. The number of pyridine rings is 1. The molecule has 1 aliphatic heterocycles. The monoisotopic (exact) mass is 355 g/mol. The summed E-state index contributed by atoms with van der Waals surface area (Å²) in [6.45, 7) is 2.41. The van der Waals surface area contributed by atoms with Crippen LogP contribution in [0.1, 0.15) is 12.8 Å². The Bertz CT molecular complexity index is 673. The fourth-order valence-electron chi connectivity index (χ4n) is 3.10. The Morgan fingerprint density at radius 2 is 1.92 bits per heavy atom. The van der Waals surface area contributed by atoms with E-state index in [4.69, 9.17) is 4.74 Å². The molecule has 6 nitrogen and oxygen atoms in total. The van der Waals surface area contributed by atoms with Gasteiger partial charge in [-0.1, -0.05) is 24.3 Å². The highest BCUT2D eigenvalue weighted by Gasteiger charge is 2.26. The Hall–Kier alpha value is -2.44. The average molecular weight is 355 g/mol. The number of piperidine rings is 1. The van der Waals surface area contributed by atoms with E-state index in [-0.39, 0.29) is 18.4 Å². The van der Waals surface area contributed by atoms with Gasteiger partial charge in [-0.25, -0.2) is 4.98 Å². The summed E-state index contributed by atoms with van der Waals surface area (Å²) >= 11 is 0. The second kappa shape index (κ2) is 9.31. The van der Waals surface area contributed by atoms with Crippen LogP contribution in [0, 0.1) is 5.92 Å². The molecule has 1 aromatic carbocycles. The quantitative estimate of drug-likeness (QED) is 0.796. The number of hydrogen-bond acceptors (Lipinski definition) is 5. The number of β-amino-alcohol motifs (C(OH)–C–C–N with tert-alkyl or cyclic N) is 1. The third-order valence-corrected chi connectivity index (χ3v) is 4.53. The highest BCUT2D eigenvalue weighted by molar-refractivity contribution is 5.91. The average Bonchev–Trinajstić information content (AvgIpc) is 2.68. The van der Waals surface area contributed by atoms with Gasteiger partial charge in [-0.2, -0.15) is 0 Å². The lowest BCUT2D eigenvalue weighted by molar-refractivity contribution is -0.121. The van der Waals surface area contributed by atoms with Gasteiger partial charge in [0, 0.05) is 18.7 Å². The van der Waals surface area contributed by atoms with E-state index in [0.29, 0.717) is 12.4 Å². The van der Waals surface area contributed by atoms with E-state index in [2.05, 4.69) is 15.2 Å². The number of nitrogens with one attached hydrogen (secondary N) is 1. The molecule has 6 heteroatoms. The smallest absolute Gasteiger partial charge is 0.228 e. The predicted molar refractivity (Wildman–Crippen MR) is 100.0 cm³/mol. The van der Waals surface area contributed by atoms with Crippen LogP contribution in [0.5, 0.6) is 5.75 Å². The van der Waals surface area contributed by atoms with E-state index in [1.165, 1.54) is 0 Å². The van der Waals surface area contributed by atoms with Gasteiger partial charge in [0.05, 0.1) is 0 Å². The highest BCUT2D eigenvalue weighted by atomic mass is 16.5. The lowest BCUT2D eigenvalue weighted by atomic mass is 9.95. The third-order valence-electron chi connectivity index (χ3n) is 4.53. The summed E-state index contributed by atoms with van der Waals surface area (Å²) in [5.74, 6) is 1.37. The summed E-state index contributed by atoms with van der Waals surface area (Å²) in [5, 5.41) is 13.0. The molecule has 2 N–H and O–H groups in total. The van der Waals surface area contributed by atoms with E-state index in [9.17, 15) is 9.90 Å². The maximum atomic E-state index is 12.3. The fraction of sp³-hybridized carbons (Fsp3) is 0.400. The minimum absolute atomic E-state index is 0.00836. The largest absolute Gasteiger partial charge is 0.491 e. The number of anilines is 1. The van der Waals surface area contributed by atoms with Gasteiger partial charge in [0.2, 0.25) is 5.91 Å². The van der Waals surface area contributed by atoms with Crippen LogP contribution in [0.3, 0.4) is 0 Å². The Labute approximate surface area is 153 Å². The van der Waals surface area contributed by atoms with Crippen LogP contribution >= 0.6 is 0 Å². The van der Waals surface area contributed by atoms with Crippen molar-refractivity contribution in [1.29, 1.82) is 0 Å². The first kappa shape index (κ1) is 18.4. The highest BCUT2D eigenvalue weighted by Crippen LogP contribution is 2.19. The second-order valence-corrected chi connectivity index (χ2v) is 6.56. The molecule has 1 atom stereocenters. The normalized spacial score (nSPS) is 16.8. The summed E-state index contributed by atoms with van der Waals surface area (Å²) in [6, 6.07) is 14.9. The zero-order valence-corrected chi connectivity index (χ0v) is 14.8. The minimum atomic E-state index is -0.547. The van der Waals surface area contributed by atoms with Gasteiger partial charge in [0.25, 0.3) is 0 Å². The van der Waals surface area contributed by atoms with Crippen molar-refractivity contribution in [3.05, 3.63) is 54.7 Å². The molecule has 26 heavy (non-hydrogen) atoms. The molecular formula is C20H25N3O3. The lowest BCUT2D eigenvalue weighted by Gasteiger charge is -2.32. The summed E-state index contributed by atoms with van der Waals surface area (Å²) in [5.41, 5.74) is 0.